The second-order valence-corrected chi connectivity index (χ2v) is 9.45. The highest BCUT2D eigenvalue weighted by Crippen LogP contribution is 2.39. The molecule has 0 aliphatic carbocycles. The zero-order valence-electron chi connectivity index (χ0n) is 19.4. The molecule has 0 bridgehead atoms. The van der Waals surface area contributed by atoms with Crippen molar-refractivity contribution in [2.75, 3.05) is 13.1 Å². The number of nitrogens with zero attached hydrogens (tertiary/aromatic N) is 3. The maximum absolute atomic E-state index is 14.1. The predicted octanol–water partition coefficient (Wildman–Crippen LogP) is 3.42. The van der Waals surface area contributed by atoms with Crippen LogP contribution in [0.3, 0.4) is 0 Å². The second kappa shape index (κ2) is 9.38. The monoisotopic (exact) mass is 464 g/mol. The third-order valence-electron chi connectivity index (χ3n) is 6.68. The van der Waals surface area contributed by atoms with E-state index in [0.29, 0.717) is 26.1 Å². The SMILES string of the molecule is CC1(C)CN(C(=O)NCc2ccccc2)CCC1(O)Cn1cnc(-c2ccccc2F)cc1=O. The number of hydrogen-bond acceptors (Lipinski definition) is 4. The molecule has 34 heavy (non-hydrogen) atoms. The number of rotatable bonds is 5. The smallest absolute Gasteiger partial charge is 0.317 e. The highest BCUT2D eigenvalue weighted by Gasteiger charge is 2.49. The molecule has 1 atom stereocenters. The molecular formula is C26H29FN4O3. The van der Waals surface area contributed by atoms with E-state index in [9.17, 15) is 19.1 Å². The summed E-state index contributed by atoms with van der Waals surface area (Å²) in [6.07, 6.45) is 1.65. The molecule has 178 valence electrons. The maximum atomic E-state index is 14.1. The Morgan fingerprint density at radius 2 is 1.85 bits per heavy atom. The van der Waals surface area contributed by atoms with Crippen LogP contribution in [0, 0.1) is 11.2 Å². The van der Waals surface area contributed by atoms with E-state index in [-0.39, 0.29) is 29.4 Å². The van der Waals surface area contributed by atoms with Gasteiger partial charge in [0.05, 0.1) is 24.2 Å². The maximum Gasteiger partial charge on any atom is 0.317 e. The van der Waals surface area contributed by atoms with Crippen LogP contribution in [0.1, 0.15) is 25.8 Å². The Labute approximate surface area is 197 Å². The number of carbonyl (C=O) groups excluding carboxylic acids is 1. The summed E-state index contributed by atoms with van der Waals surface area (Å²) in [5.74, 6) is -0.454. The molecule has 1 aromatic heterocycles. The van der Waals surface area contributed by atoms with E-state index < -0.39 is 16.8 Å². The van der Waals surface area contributed by atoms with Gasteiger partial charge < -0.3 is 15.3 Å². The first kappa shape index (κ1) is 23.6. The number of urea groups is 1. The van der Waals surface area contributed by atoms with Crippen molar-refractivity contribution in [1.29, 1.82) is 0 Å². The number of piperidine rings is 1. The molecular weight excluding hydrogens is 435 g/mol. The van der Waals surface area contributed by atoms with Gasteiger partial charge in [-0.05, 0) is 24.1 Å². The van der Waals surface area contributed by atoms with Crippen LogP contribution in [0.2, 0.25) is 0 Å². The van der Waals surface area contributed by atoms with E-state index in [1.54, 1.807) is 23.1 Å². The summed E-state index contributed by atoms with van der Waals surface area (Å²) in [5, 5.41) is 14.4. The largest absolute Gasteiger partial charge is 0.387 e. The van der Waals surface area contributed by atoms with E-state index in [1.165, 1.54) is 23.0 Å². The van der Waals surface area contributed by atoms with Crippen molar-refractivity contribution >= 4 is 6.03 Å². The standard InChI is InChI=1S/C26H29FN4O3/c1-25(2)16-30(24(33)28-15-19-8-4-3-5-9-19)13-12-26(25,34)17-31-18-29-22(14-23(31)32)20-10-6-7-11-21(20)27/h3-11,14,18,34H,12-13,15-17H2,1-2H3,(H,28,33). The summed E-state index contributed by atoms with van der Waals surface area (Å²) in [6.45, 7) is 4.92. The molecule has 1 aliphatic heterocycles. The molecule has 2 amide bonds. The number of nitrogens with one attached hydrogen (secondary N) is 1. The number of amides is 2. The molecule has 2 heterocycles. The van der Waals surface area contributed by atoms with Crippen molar-refractivity contribution in [2.45, 2.75) is 39.0 Å². The number of benzene rings is 2. The molecule has 7 nitrogen and oxygen atoms in total. The zero-order valence-corrected chi connectivity index (χ0v) is 19.4. The third kappa shape index (κ3) is 4.87. The minimum atomic E-state index is -1.23. The Hall–Kier alpha value is -3.52. The number of hydrogen-bond donors (Lipinski definition) is 2. The first-order chi connectivity index (χ1) is 16.2. The summed E-state index contributed by atoms with van der Waals surface area (Å²) in [4.78, 5) is 31.4. The average molecular weight is 465 g/mol. The van der Waals surface area contributed by atoms with Crippen LogP contribution in [-0.4, -0.2) is 44.3 Å². The Morgan fingerprint density at radius 3 is 2.53 bits per heavy atom. The van der Waals surface area contributed by atoms with E-state index in [0.717, 1.165) is 5.56 Å². The van der Waals surface area contributed by atoms with Gasteiger partial charge in [0.25, 0.3) is 5.56 Å². The number of aromatic nitrogens is 2. The molecule has 0 spiro atoms. The van der Waals surface area contributed by atoms with Crippen molar-refractivity contribution in [1.82, 2.24) is 19.8 Å². The fraction of sp³-hybridized carbons (Fsp3) is 0.346. The van der Waals surface area contributed by atoms with E-state index in [2.05, 4.69) is 10.3 Å². The van der Waals surface area contributed by atoms with Gasteiger partial charge in [-0.15, -0.1) is 0 Å². The Kier molecular flexibility index (Phi) is 6.52. The Morgan fingerprint density at radius 1 is 1.15 bits per heavy atom. The summed E-state index contributed by atoms with van der Waals surface area (Å²) >= 11 is 0. The number of aliphatic hydroxyl groups is 1. The van der Waals surface area contributed by atoms with Crippen LogP contribution in [0.15, 0.2) is 71.8 Å². The number of carbonyl (C=O) groups is 1. The van der Waals surface area contributed by atoms with E-state index in [1.807, 2.05) is 44.2 Å². The summed E-state index contributed by atoms with van der Waals surface area (Å²) in [6, 6.07) is 16.9. The van der Waals surface area contributed by atoms with Crippen molar-refractivity contribution < 1.29 is 14.3 Å². The fourth-order valence-electron chi connectivity index (χ4n) is 4.36. The van der Waals surface area contributed by atoms with Crippen molar-refractivity contribution in [3.8, 4) is 11.3 Å². The van der Waals surface area contributed by atoms with Gasteiger partial charge >= 0.3 is 6.03 Å². The van der Waals surface area contributed by atoms with Gasteiger partial charge in [0, 0.05) is 36.7 Å². The molecule has 2 aromatic carbocycles. The van der Waals surface area contributed by atoms with E-state index in [4.69, 9.17) is 0 Å². The van der Waals surface area contributed by atoms with Gasteiger partial charge in [-0.3, -0.25) is 9.36 Å². The van der Waals surface area contributed by atoms with Crippen molar-refractivity contribution in [3.63, 3.8) is 0 Å². The molecule has 2 N–H and O–H groups in total. The molecule has 1 unspecified atom stereocenters. The number of likely N-dealkylation sites (tertiary alicyclic amines) is 1. The van der Waals surface area contributed by atoms with Crippen LogP contribution in [0.4, 0.5) is 9.18 Å². The lowest BCUT2D eigenvalue weighted by Gasteiger charge is -2.50. The van der Waals surface area contributed by atoms with Gasteiger partial charge in [-0.25, -0.2) is 14.2 Å². The normalized spacial score (nSPS) is 19.6. The molecule has 1 saturated heterocycles. The molecule has 1 aliphatic rings. The van der Waals surface area contributed by atoms with Crippen LogP contribution in [0.5, 0.6) is 0 Å². The van der Waals surface area contributed by atoms with Crippen molar-refractivity contribution in [2.24, 2.45) is 5.41 Å². The summed E-state index contributed by atoms with van der Waals surface area (Å²) in [7, 11) is 0. The molecule has 4 rings (SSSR count). The quantitative estimate of drug-likeness (QED) is 0.606. The summed E-state index contributed by atoms with van der Waals surface area (Å²) in [5.41, 5.74) is -0.779. The lowest BCUT2D eigenvalue weighted by molar-refractivity contribution is -0.120. The lowest BCUT2D eigenvalue weighted by Crippen LogP contribution is -2.61. The molecule has 0 radical (unpaired) electrons. The first-order valence-corrected chi connectivity index (χ1v) is 11.3. The predicted molar refractivity (Wildman–Crippen MR) is 127 cm³/mol. The first-order valence-electron chi connectivity index (χ1n) is 11.3. The second-order valence-electron chi connectivity index (χ2n) is 9.45. The number of halogens is 1. The van der Waals surface area contributed by atoms with Gasteiger partial charge in [0.1, 0.15) is 5.82 Å². The Bertz CT molecular complexity index is 1230. The lowest BCUT2D eigenvalue weighted by atomic mass is 9.70. The highest BCUT2D eigenvalue weighted by atomic mass is 19.1. The van der Waals surface area contributed by atoms with Gasteiger partial charge in [-0.1, -0.05) is 56.3 Å². The van der Waals surface area contributed by atoms with Gasteiger partial charge in [0.2, 0.25) is 0 Å². The molecule has 0 saturated carbocycles. The van der Waals surface area contributed by atoms with Crippen LogP contribution >= 0.6 is 0 Å². The molecule has 3 aromatic rings. The fourth-order valence-corrected chi connectivity index (χ4v) is 4.36. The minimum absolute atomic E-state index is 0.0306. The topological polar surface area (TPSA) is 87.5 Å². The Balaban J connectivity index is 1.44. The third-order valence-corrected chi connectivity index (χ3v) is 6.68. The van der Waals surface area contributed by atoms with Gasteiger partial charge in [0.15, 0.2) is 0 Å². The molecule has 8 heteroatoms. The summed E-state index contributed by atoms with van der Waals surface area (Å²) < 4.78 is 15.4. The van der Waals surface area contributed by atoms with Crippen LogP contribution in [0.25, 0.3) is 11.3 Å². The molecule has 1 fully saturated rings. The van der Waals surface area contributed by atoms with Crippen LogP contribution < -0.4 is 10.9 Å². The van der Waals surface area contributed by atoms with Crippen LogP contribution in [-0.2, 0) is 13.1 Å². The van der Waals surface area contributed by atoms with Gasteiger partial charge in [-0.2, -0.15) is 0 Å². The zero-order chi connectivity index (χ0) is 24.3. The van der Waals surface area contributed by atoms with E-state index >= 15 is 0 Å². The minimum Gasteiger partial charge on any atom is -0.387 e. The van der Waals surface area contributed by atoms with Crippen molar-refractivity contribution in [3.05, 3.63) is 88.7 Å². The highest BCUT2D eigenvalue weighted by molar-refractivity contribution is 5.74. The average Bonchev–Trinajstić information content (AvgIpc) is 2.82.